The van der Waals surface area contributed by atoms with Crippen LogP contribution in [0.3, 0.4) is 0 Å². The first-order valence-corrected chi connectivity index (χ1v) is 13.1. The Kier molecular flexibility index (Phi) is 9.63. The van der Waals surface area contributed by atoms with Crippen LogP contribution >= 0.6 is 22.6 Å². The van der Waals surface area contributed by atoms with Crippen LogP contribution in [0.25, 0.3) is 10.8 Å². The van der Waals surface area contributed by atoms with Gasteiger partial charge >= 0.3 is 0 Å². The lowest BCUT2D eigenvalue weighted by molar-refractivity contribution is -0.123. The quantitative estimate of drug-likeness (QED) is 0.284. The van der Waals surface area contributed by atoms with Crippen molar-refractivity contribution < 1.29 is 9.59 Å². The van der Waals surface area contributed by atoms with Crippen LogP contribution in [0.4, 0.5) is 0 Å². The number of fused-ring (bicyclic) bond motifs is 1. The maximum atomic E-state index is 13.4. The summed E-state index contributed by atoms with van der Waals surface area (Å²) in [6, 6.07) is 15.2. The van der Waals surface area contributed by atoms with E-state index in [1.165, 1.54) is 6.20 Å². The van der Waals surface area contributed by atoms with E-state index in [9.17, 15) is 9.59 Å². The van der Waals surface area contributed by atoms with Gasteiger partial charge in [-0.05, 0) is 75.7 Å². The number of nitrogens with two attached hydrogens (primary N) is 1. The topological polar surface area (TPSA) is 97.1 Å². The zero-order chi connectivity index (χ0) is 25.4. The molecule has 1 heterocycles. The van der Waals surface area contributed by atoms with Gasteiger partial charge in [0.25, 0.3) is 5.91 Å². The number of hydrogen-bond donors (Lipinski definition) is 3. The summed E-state index contributed by atoms with van der Waals surface area (Å²) in [6.07, 6.45) is 5.51. The molecule has 1 unspecified atom stereocenters. The number of hydrogen-bond acceptors (Lipinski definition) is 4. The number of nitrogens with one attached hydrogen (secondary N) is 2. The molecule has 7 heteroatoms. The second kappa shape index (κ2) is 12.4. The molecule has 0 fully saturated rings. The third kappa shape index (κ3) is 8.00. The number of carbonyl (C=O) groups is 2. The molecule has 0 aliphatic carbocycles. The molecule has 35 heavy (non-hydrogen) atoms. The van der Waals surface area contributed by atoms with Crippen LogP contribution in [-0.2, 0) is 11.2 Å². The van der Waals surface area contributed by atoms with Gasteiger partial charge in [-0.1, -0.05) is 63.2 Å². The lowest BCUT2D eigenvalue weighted by Crippen LogP contribution is -2.50. The number of halogens is 1. The molecule has 3 rings (SSSR count). The van der Waals surface area contributed by atoms with Crippen LogP contribution in [0.2, 0.25) is 0 Å². The molecule has 2 amide bonds. The van der Waals surface area contributed by atoms with Crippen LogP contribution in [-0.4, -0.2) is 35.9 Å². The molecular formula is C28H35IN4O2. The minimum atomic E-state index is -0.719. The van der Waals surface area contributed by atoms with Gasteiger partial charge in [0, 0.05) is 28.9 Å². The molecule has 2 atom stereocenters. The van der Waals surface area contributed by atoms with Crippen molar-refractivity contribution in [2.24, 2.45) is 17.1 Å². The molecule has 0 saturated carbocycles. The number of aromatic nitrogens is 1. The monoisotopic (exact) mass is 586 g/mol. The Balaban J connectivity index is 1.80. The van der Waals surface area contributed by atoms with Gasteiger partial charge in [-0.3, -0.25) is 14.6 Å². The molecule has 0 bridgehead atoms. The van der Waals surface area contributed by atoms with Crippen LogP contribution in [0, 0.1) is 14.9 Å². The number of carbonyl (C=O) groups excluding carboxylic acids is 2. The molecule has 0 spiro atoms. The molecule has 0 radical (unpaired) electrons. The fourth-order valence-electron chi connectivity index (χ4n) is 4.53. The molecule has 2 aromatic carbocycles. The van der Waals surface area contributed by atoms with E-state index in [0.717, 1.165) is 32.7 Å². The molecule has 1 aromatic heterocycles. The molecule has 186 valence electrons. The maximum Gasteiger partial charge on any atom is 0.253 e. The minimum Gasteiger partial charge on any atom is -0.354 e. The predicted octanol–water partition coefficient (Wildman–Crippen LogP) is 4.70. The van der Waals surface area contributed by atoms with E-state index in [0.29, 0.717) is 31.0 Å². The number of rotatable bonds is 11. The summed E-state index contributed by atoms with van der Waals surface area (Å²) in [6.45, 7) is 7.67. The minimum absolute atomic E-state index is 0.0856. The molecule has 0 aliphatic heterocycles. The Hall–Kier alpha value is -2.52. The standard InChI is InChI=1S/C28H35IN4O2/c1-19(11-12-30)15-28(2,3)18-32-27(35)25(33-26(34)22-13-23(29)17-31-16-22)14-21-9-6-8-20-7-4-5-10-24(20)21/h4-10,13,16-17,19,25H,11-12,14-15,18,30H2,1-3H3,(H,32,35)(H,33,34)/t19?,25-/m1/s1. The molecule has 0 aliphatic rings. The molecule has 0 saturated heterocycles. The second-order valence-corrected chi connectivity index (χ2v) is 11.3. The Morgan fingerprint density at radius 3 is 2.60 bits per heavy atom. The first-order valence-electron chi connectivity index (χ1n) is 12.0. The number of pyridine rings is 1. The van der Waals surface area contributed by atoms with Gasteiger partial charge in [0.15, 0.2) is 0 Å². The predicted molar refractivity (Wildman–Crippen MR) is 150 cm³/mol. The fraction of sp³-hybridized carbons (Fsp3) is 0.393. The fourth-order valence-corrected chi connectivity index (χ4v) is 5.03. The number of benzene rings is 2. The third-order valence-corrected chi connectivity index (χ3v) is 6.78. The highest BCUT2D eigenvalue weighted by Gasteiger charge is 2.26. The van der Waals surface area contributed by atoms with Crippen molar-refractivity contribution in [2.75, 3.05) is 13.1 Å². The Bertz CT molecular complexity index is 1160. The van der Waals surface area contributed by atoms with E-state index in [4.69, 9.17) is 5.73 Å². The Morgan fingerprint density at radius 1 is 1.11 bits per heavy atom. The SMILES string of the molecule is CC(CCN)CC(C)(C)CNC(=O)[C@@H](Cc1cccc2ccccc12)NC(=O)c1cncc(I)c1. The van der Waals surface area contributed by atoms with E-state index in [1.54, 1.807) is 12.3 Å². The van der Waals surface area contributed by atoms with Crippen LogP contribution in [0.1, 0.15) is 49.5 Å². The summed E-state index contributed by atoms with van der Waals surface area (Å²) in [5.41, 5.74) is 7.07. The summed E-state index contributed by atoms with van der Waals surface area (Å²) in [4.78, 5) is 30.6. The summed E-state index contributed by atoms with van der Waals surface area (Å²) in [5.74, 6) is -0.0252. The Labute approximate surface area is 221 Å². The normalized spacial score (nSPS) is 13.3. The number of nitrogens with zero attached hydrogens (tertiary/aromatic N) is 1. The second-order valence-electron chi connectivity index (χ2n) is 10.0. The summed E-state index contributed by atoms with van der Waals surface area (Å²) >= 11 is 2.12. The number of amides is 2. The summed E-state index contributed by atoms with van der Waals surface area (Å²) in [5, 5.41) is 8.25. The average molecular weight is 587 g/mol. The van der Waals surface area contributed by atoms with Crippen molar-refractivity contribution in [1.82, 2.24) is 15.6 Å². The van der Waals surface area contributed by atoms with Crippen molar-refractivity contribution in [3.8, 4) is 0 Å². The van der Waals surface area contributed by atoms with Crippen molar-refractivity contribution in [3.63, 3.8) is 0 Å². The largest absolute Gasteiger partial charge is 0.354 e. The van der Waals surface area contributed by atoms with Gasteiger partial charge in [-0.15, -0.1) is 0 Å². The van der Waals surface area contributed by atoms with Crippen LogP contribution in [0.15, 0.2) is 60.9 Å². The van der Waals surface area contributed by atoms with Crippen molar-refractivity contribution in [3.05, 3.63) is 75.6 Å². The summed E-state index contributed by atoms with van der Waals surface area (Å²) in [7, 11) is 0. The molecule has 4 N–H and O–H groups in total. The molecule has 6 nitrogen and oxygen atoms in total. The van der Waals surface area contributed by atoms with Crippen molar-refractivity contribution in [1.29, 1.82) is 0 Å². The van der Waals surface area contributed by atoms with Crippen LogP contribution < -0.4 is 16.4 Å². The van der Waals surface area contributed by atoms with E-state index in [1.807, 2.05) is 30.3 Å². The highest BCUT2D eigenvalue weighted by molar-refractivity contribution is 14.1. The average Bonchev–Trinajstić information content (AvgIpc) is 2.82. The van der Waals surface area contributed by atoms with Gasteiger partial charge in [-0.2, -0.15) is 0 Å². The lowest BCUT2D eigenvalue weighted by atomic mass is 9.82. The first-order chi connectivity index (χ1) is 16.7. The lowest BCUT2D eigenvalue weighted by Gasteiger charge is -2.29. The van der Waals surface area contributed by atoms with E-state index in [2.05, 4.69) is 71.1 Å². The van der Waals surface area contributed by atoms with Crippen molar-refractivity contribution >= 4 is 45.2 Å². The van der Waals surface area contributed by atoms with Gasteiger partial charge in [-0.25, -0.2) is 0 Å². The Morgan fingerprint density at radius 2 is 1.86 bits per heavy atom. The molecule has 3 aromatic rings. The highest BCUT2D eigenvalue weighted by atomic mass is 127. The van der Waals surface area contributed by atoms with Gasteiger partial charge < -0.3 is 16.4 Å². The van der Waals surface area contributed by atoms with Crippen molar-refractivity contribution in [2.45, 2.75) is 46.1 Å². The van der Waals surface area contributed by atoms with Gasteiger partial charge in [0.1, 0.15) is 6.04 Å². The van der Waals surface area contributed by atoms with E-state index in [-0.39, 0.29) is 17.2 Å². The van der Waals surface area contributed by atoms with E-state index < -0.39 is 6.04 Å². The first kappa shape index (κ1) is 27.1. The molecular weight excluding hydrogens is 551 g/mol. The summed E-state index contributed by atoms with van der Waals surface area (Å²) < 4.78 is 0.860. The maximum absolute atomic E-state index is 13.4. The van der Waals surface area contributed by atoms with Crippen LogP contribution in [0.5, 0.6) is 0 Å². The van der Waals surface area contributed by atoms with Gasteiger partial charge in [0.2, 0.25) is 5.91 Å². The van der Waals surface area contributed by atoms with E-state index >= 15 is 0 Å². The zero-order valence-electron chi connectivity index (χ0n) is 20.7. The highest BCUT2D eigenvalue weighted by Crippen LogP contribution is 2.26. The van der Waals surface area contributed by atoms with Gasteiger partial charge in [0.05, 0.1) is 5.56 Å². The zero-order valence-corrected chi connectivity index (χ0v) is 22.8. The third-order valence-electron chi connectivity index (χ3n) is 6.19. The smallest absolute Gasteiger partial charge is 0.253 e.